The zero-order chi connectivity index (χ0) is 16.4. The van der Waals surface area contributed by atoms with Gasteiger partial charge < -0.3 is 14.5 Å². The van der Waals surface area contributed by atoms with Crippen LogP contribution in [-0.2, 0) is 4.79 Å². The summed E-state index contributed by atoms with van der Waals surface area (Å²) in [5, 5.41) is 0. The summed E-state index contributed by atoms with van der Waals surface area (Å²) in [4.78, 5) is 28.1. The van der Waals surface area contributed by atoms with Gasteiger partial charge in [-0.05, 0) is 45.1 Å². The zero-order valence-corrected chi connectivity index (χ0v) is 13.9. The number of carbonyl (C=O) groups is 2. The van der Waals surface area contributed by atoms with Crippen molar-refractivity contribution in [3.8, 4) is 5.75 Å². The number of carbonyl (C=O) groups excluding carboxylic acids is 2. The van der Waals surface area contributed by atoms with E-state index < -0.39 is 6.10 Å². The molecule has 0 radical (unpaired) electrons. The third-order valence-electron chi connectivity index (χ3n) is 3.80. The molecule has 1 aliphatic heterocycles. The molecule has 1 aromatic carbocycles. The second-order valence-corrected chi connectivity index (χ2v) is 6.31. The quantitative estimate of drug-likeness (QED) is 0.783. The van der Waals surface area contributed by atoms with Gasteiger partial charge >= 0.3 is 0 Å². The molecule has 1 atom stereocenters. The minimum Gasteiger partial charge on any atom is -0.478 e. The Morgan fingerprint density at radius 1 is 1.36 bits per heavy atom. The molecule has 1 amide bonds. The van der Waals surface area contributed by atoms with Crippen molar-refractivity contribution in [3.05, 3.63) is 23.8 Å². The fourth-order valence-corrected chi connectivity index (χ4v) is 2.46. The number of hydrogen-bond acceptors (Lipinski definition) is 4. The number of Topliss-reactive ketones (excluding diaryl/α,β-unsaturated/α-hetero) is 1. The molecule has 5 heteroatoms. The predicted molar refractivity (Wildman–Crippen MR) is 86.6 cm³/mol. The maximum atomic E-state index is 12.7. The Balaban J connectivity index is 2.42. The van der Waals surface area contributed by atoms with Crippen LogP contribution in [0.4, 0.5) is 5.69 Å². The van der Waals surface area contributed by atoms with E-state index in [0.29, 0.717) is 23.5 Å². The highest BCUT2D eigenvalue weighted by Crippen LogP contribution is 2.36. The summed E-state index contributed by atoms with van der Waals surface area (Å²) in [5.41, 5.74) is 1.28. The maximum Gasteiger partial charge on any atom is 0.268 e. The summed E-state index contributed by atoms with van der Waals surface area (Å²) in [6, 6.07) is 5.29. The Morgan fingerprint density at radius 3 is 2.59 bits per heavy atom. The third kappa shape index (κ3) is 3.30. The molecule has 2 rings (SSSR count). The molecule has 1 unspecified atom stereocenters. The maximum absolute atomic E-state index is 12.7. The van der Waals surface area contributed by atoms with Gasteiger partial charge in [-0.25, -0.2) is 0 Å². The standard InChI is InChI=1S/C17H24N2O3/c1-11(2)16-17(21)19(9-8-18(4)5)14-10-13(12(3)20)6-7-15(14)22-16/h6-7,10-11,16H,8-9H2,1-5H3. The SMILES string of the molecule is CC(=O)c1ccc2c(c1)N(CCN(C)C)C(=O)C(C(C)C)O2. The fraction of sp³-hybridized carbons (Fsp3) is 0.529. The van der Waals surface area contributed by atoms with Gasteiger partial charge in [0.05, 0.1) is 5.69 Å². The van der Waals surface area contributed by atoms with Gasteiger partial charge in [0, 0.05) is 18.7 Å². The number of anilines is 1. The first-order chi connectivity index (χ1) is 10.3. The minimum absolute atomic E-state index is 0.0196. The van der Waals surface area contributed by atoms with Gasteiger partial charge in [-0.3, -0.25) is 9.59 Å². The zero-order valence-electron chi connectivity index (χ0n) is 13.9. The van der Waals surface area contributed by atoms with Crippen molar-refractivity contribution < 1.29 is 14.3 Å². The Hall–Kier alpha value is -1.88. The first-order valence-corrected chi connectivity index (χ1v) is 7.59. The minimum atomic E-state index is -0.474. The monoisotopic (exact) mass is 304 g/mol. The lowest BCUT2D eigenvalue weighted by atomic mass is 10.0. The number of fused-ring (bicyclic) bond motifs is 1. The average Bonchev–Trinajstić information content (AvgIpc) is 2.44. The second-order valence-electron chi connectivity index (χ2n) is 6.31. The molecule has 1 heterocycles. The largest absolute Gasteiger partial charge is 0.478 e. The van der Waals surface area contributed by atoms with E-state index in [0.717, 1.165) is 6.54 Å². The van der Waals surface area contributed by atoms with E-state index in [4.69, 9.17) is 4.74 Å². The van der Waals surface area contributed by atoms with Crippen molar-refractivity contribution in [3.63, 3.8) is 0 Å². The molecular formula is C17H24N2O3. The molecular weight excluding hydrogens is 280 g/mol. The van der Waals surface area contributed by atoms with Gasteiger partial charge in [0.15, 0.2) is 11.9 Å². The van der Waals surface area contributed by atoms with Crippen molar-refractivity contribution in [2.45, 2.75) is 26.9 Å². The van der Waals surface area contributed by atoms with Gasteiger partial charge in [-0.15, -0.1) is 0 Å². The van der Waals surface area contributed by atoms with Crippen molar-refractivity contribution in [2.75, 3.05) is 32.1 Å². The lowest BCUT2D eigenvalue weighted by molar-refractivity contribution is -0.128. The lowest BCUT2D eigenvalue weighted by Gasteiger charge is -2.36. The van der Waals surface area contributed by atoms with E-state index in [1.165, 1.54) is 6.92 Å². The number of likely N-dealkylation sites (N-methyl/N-ethyl adjacent to an activating group) is 1. The first kappa shape index (κ1) is 16.5. The van der Waals surface area contributed by atoms with Crippen molar-refractivity contribution in [1.29, 1.82) is 0 Å². The molecule has 0 aromatic heterocycles. The molecule has 1 aromatic rings. The van der Waals surface area contributed by atoms with E-state index in [-0.39, 0.29) is 17.6 Å². The van der Waals surface area contributed by atoms with Gasteiger partial charge in [0.25, 0.3) is 5.91 Å². The van der Waals surface area contributed by atoms with E-state index in [2.05, 4.69) is 0 Å². The second kappa shape index (κ2) is 6.48. The molecule has 0 saturated carbocycles. The third-order valence-corrected chi connectivity index (χ3v) is 3.80. The van der Waals surface area contributed by atoms with Crippen LogP contribution in [0.15, 0.2) is 18.2 Å². The number of nitrogens with zero attached hydrogens (tertiary/aromatic N) is 2. The van der Waals surface area contributed by atoms with Crippen LogP contribution in [0.5, 0.6) is 5.75 Å². The number of ketones is 1. The predicted octanol–water partition coefficient (Wildman–Crippen LogP) is 2.20. The average molecular weight is 304 g/mol. The van der Waals surface area contributed by atoms with Crippen LogP contribution in [0.3, 0.4) is 0 Å². The van der Waals surface area contributed by atoms with E-state index in [9.17, 15) is 9.59 Å². The van der Waals surface area contributed by atoms with Crippen molar-refractivity contribution >= 4 is 17.4 Å². The van der Waals surface area contributed by atoms with Gasteiger partial charge in [-0.1, -0.05) is 13.8 Å². The molecule has 1 aliphatic rings. The molecule has 22 heavy (non-hydrogen) atoms. The summed E-state index contributed by atoms with van der Waals surface area (Å²) in [6.45, 7) is 6.80. The molecule has 120 valence electrons. The van der Waals surface area contributed by atoms with Gasteiger partial charge in [0.1, 0.15) is 5.75 Å². The van der Waals surface area contributed by atoms with Crippen LogP contribution < -0.4 is 9.64 Å². The molecule has 0 spiro atoms. The van der Waals surface area contributed by atoms with E-state index in [1.807, 2.05) is 32.8 Å². The molecule has 0 N–H and O–H groups in total. The Morgan fingerprint density at radius 2 is 2.05 bits per heavy atom. The normalized spacial score (nSPS) is 17.7. The summed E-state index contributed by atoms with van der Waals surface area (Å²) in [6.07, 6.45) is -0.474. The number of benzene rings is 1. The first-order valence-electron chi connectivity index (χ1n) is 7.59. The molecule has 0 saturated heterocycles. The van der Waals surface area contributed by atoms with Crippen LogP contribution in [0.2, 0.25) is 0 Å². The van der Waals surface area contributed by atoms with E-state index in [1.54, 1.807) is 23.1 Å². The summed E-state index contributed by atoms with van der Waals surface area (Å²) in [7, 11) is 3.94. The fourth-order valence-electron chi connectivity index (χ4n) is 2.46. The number of amides is 1. The van der Waals surface area contributed by atoms with Crippen LogP contribution in [0.1, 0.15) is 31.1 Å². The summed E-state index contributed by atoms with van der Waals surface area (Å²) in [5.74, 6) is 0.705. The molecule has 0 fully saturated rings. The van der Waals surface area contributed by atoms with Gasteiger partial charge in [0.2, 0.25) is 0 Å². The Bertz CT molecular complexity index is 581. The lowest BCUT2D eigenvalue weighted by Crippen LogP contribution is -2.50. The highest BCUT2D eigenvalue weighted by atomic mass is 16.5. The van der Waals surface area contributed by atoms with Crippen LogP contribution in [0, 0.1) is 5.92 Å². The molecule has 5 nitrogen and oxygen atoms in total. The van der Waals surface area contributed by atoms with Crippen LogP contribution in [0.25, 0.3) is 0 Å². The number of ether oxygens (including phenoxy) is 1. The Kier molecular flexibility index (Phi) is 4.86. The van der Waals surface area contributed by atoms with Crippen molar-refractivity contribution in [2.24, 2.45) is 5.92 Å². The number of rotatable bonds is 5. The molecule has 0 bridgehead atoms. The molecule has 0 aliphatic carbocycles. The van der Waals surface area contributed by atoms with Crippen molar-refractivity contribution in [1.82, 2.24) is 4.90 Å². The topological polar surface area (TPSA) is 49.9 Å². The van der Waals surface area contributed by atoms with E-state index >= 15 is 0 Å². The van der Waals surface area contributed by atoms with Crippen LogP contribution in [-0.4, -0.2) is 49.9 Å². The van der Waals surface area contributed by atoms with Gasteiger partial charge in [-0.2, -0.15) is 0 Å². The number of hydrogen-bond donors (Lipinski definition) is 0. The summed E-state index contributed by atoms with van der Waals surface area (Å²) < 4.78 is 5.86. The Labute approximate surface area is 131 Å². The summed E-state index contributed by atoms with van der Waals surface area (Å²) >= 11 is 0. The smallest absolute Gasteiger partial charge is 0.268 e. The highest BCUT2D eigenvalue weighted by Gasteiger charge is 2.36. The van der Waals surface area contributed by atoms with Crippen LogP contribution >= 0.6 is 0 Å². The highest BCUT2D eigenvalue weighted by molar-refractivity contribution is 6.02.